The van der Waals surface area contributed by atoms with Gasteiger partial charge in [-0.1, -0.05) is 12.1 Å². The minimum atomic E-state index is -6.24. The highest BCUT2D eigenvalue weighted by molar-refractivity contribution is 8.16. The van der Waals surface area contributed by atoms with Crippen molar-refractivity contribution < 1.29 is 53.5 Å². The number of hydrogen-bond donors (Lipinski definition) is 0. The van der Waals surface area contributed by atoms with Crippen molar-refractivity contribution >= 4 is 33.8 Å². The lowest BCUT2D eigenvalue weighted by molar-refractivity contribution is -0.264. The molecule has 0 aliphatic heterocycles. The Morgan fingerprint density at radius 2 is 0.885 bits per heavy atom. The van der Waals surface area contributed by atoms with E-state index in [4.69, 9.17) is 0 Å². The van der Waals surface area contributed by atoms with E-state index < -0.39 is 67.7 Å². The Labute approximate surface area is 146 Å². The summed E-state index contributed by atoms with van der Waals surface area (Å²) in [5, 5.41) is -5.49. The number of carbonyl (C=O) groups is 2. The van der Waals surface area contributed by atoms with Crippen molar-refractivity contribution in [3.05, 3.63) is 24.3 Å². The van der Waals surface area contributed by atoms with E-state index in [0.29, 0.717) is 12.1 Å². The molecule has 0 spiro atoms. The van der Waals surface area contributed by atoms with E-state index in [9.17, 15) is 53.5 Å². The molecule has 1 aromatic carbocycles. The Kier molecular flexibility index (Phi) is 6.34. The zero-order valence-corrected chi connectivity index (χ0v) is 13.4. The normalized spacial score (nSPS) is 13.6. The average Bonchev–Trinajstić information content (AvgIpc) is 2.46. The Morgan fingerprint density at radius 1 is 0.615 bits per heavy atom. The second-order valence-corrected chi connectivity index (χ2v) is 6.40. The van der Waals surface area contributed by atoms with Gasteiger partial charge in [0.1, 0.15) is 0 Å². The maximum Gasteiger partial charge on any atom is 0.462 e. The molecule has 0 saturated carbocycles. The first kappa shape index (κ1) is 22.6. The van der Waals surface area contributed by atoms with Gasteiger partial charge in [-0.05, 0) is 35.7 Å². The standard InChI is InChI=1S/C12H4F10O2S2/c13-9(14,11(17,18)19)7(23)25-5-3-1-2-4-6(5)26-8(24)10(15,16)12(20,21)22/h1-4H. The summed E-state index contributed by atoms with van der Waals surface area (Å²) < 4.78 is 124. The predicted octanol–water partition coefficient (Wildman–Crippen LogP) is 5.32. The summed E-state index contributed by atoms with van der Waals surface area (Å²) in [5.74, 6) is -11.6. The lowest BCUT2D eigenvalue weighted by atomic mass is 10.3. The molecule has 0 heterocycles. The molecule has 0 atom stereocenters. The van der Waals surface area contributed by atoms with Gasteiger partial charge in [-0.25, -0.2) is 0 Å². The molecule has 0 aromatic heterocycles. The van der Waals surface area contributed by atoms with E-state index in [1.807, 2.05) is 0 Å². The van der Waals surface area contributed by atoms with E-state index in [1.165, 1.54) is 0 Å². The fraction of sp³-hybridized carbons (Fsp3) is 0.333. The molecule has 1 rings (SSSR count). The first-order valence-corrected chi connectivity index (χ1v) is 7.57. The first-order chi connectivity index (χ1) is 11.5. The molecule has 0 aliphatic rings. The van der Waals surface area contributed by atoms with Crippen LogP contribution in [0.5, 0.6) is 0 Å². The number of hydrogen-bond acceptors (Lipinski definition) is 4. The topological polar surface area (TPSA) is 34.1 Å². The molecule has 14 heteroatoms. The molecule has 0 bridgehead atoms. The van der Waals surface area contributed by atoms with E-state index in [0.717, 1.165) is 12.1 Å². The third-order valence-electron chi connectivity index (χ3n) is 2.48. The van der Waals surface area contributed by atoms with E-state index in [2.05, 4.69) is 0 Å². The Bertz CT molecular complexity index is 637. The molecular weight excluding hydrogens is 430 g/mol. The number of carbonyl (C=O) groups excluding carboxylic acids is 2. The molecule has 0 radical (unpaired) electrons. The summed E-state index contributed by atoms with van der Waals surface area (Å²) in [6, 6.07) is 3.38. The van der Waals surface area contributed by atoms with Crippen molar-refractivity contribution in [3.63, 3.8) is 0 Å². The van der Waals surface area contributed by atoms with Gasteiger partial charge in [0.05, 0.1) is 0 Å². The van der Waals surface area contributed by atoms with E-state index in [1.54, 1.807) is 0 Å². The van der Waals surface area contributed by atoms with Crippen LogP contribution in [0.4, 0.5) is 43.9 Å². The third kappa shape index (κ3) is 4.64. The molecule has 1 aromatic rings. The summed E-state index contributed by atoms with van der Waals surface area (Å²) in [5.41, 5.74) is 0. The summed E-state index contributed by atoms with van der Waals surface area (Å²) in [4.78, 5) is 20.6. The molecule has 0 N–H and O–H groups in total. The SMILES string of the molecule is O=C(Sc1ccccc1SC(=O)C(F)(F)C(F)(F)F)C(F)(F)C(F)(F)F. The number of alkyl halides is 10. The monoisotopic (exact) mass is 434 g/mol. The maximum atomic E-state index is 12.9. The maximum absolute atomic E-state index is 12.9. The predicted molar refractivity (Wildman–Crippen MR) is 70.2 cm³/mol. The van der Waals surface area contributed by atoms with Crippen molar-refractivity contribution in [1.82, 2.24) is 0 Å². The first-order valence-electron chi connectivity index (χ1n) is 5.94. The fourth-order valence-electron chi connectivity index (χ4n) is 1.18. The molecule has 0 unspecified atom stereocenters. The number of halogens is 10. The van der Waals surface area contributed by atoms with Gasteiger partial charge in [0.15, 0.2) is 0 Å². The Balaban J connectivity index is 3.10. The van der Waals surface area contributed by atoms with Gasteiger partial charge in [0.25, 0.3) is 10.2 Å². The van der Waals surface area contributed by atoms with Gasteiger partial charge >= 0.3 is 24.2 Å². The molecule has 0 amide bonds. The van der Waals surface area contributed by atoms with Crippen LogP contribution in [0.3, 0.4) is 0 Å². The van der Waals surface area contributed by atoms with Crippen LogP contribution < -0.4 is 0 Å². The van der Waals surface area contributed by atoms with Crippen LogP contribution >= 0.6 is 23.5 Å². The molecule has 0 saturated heterocycles. The van der Waals surface area contributed by atoms with Crippen molar-refractivity contribution in [1.29, 1.82) is 0 Å². The summed E-state index contributed by atoms with van der Waals surface area (Å²) in [7, 11) is 0. The van der Waals surface area contributed by atoms with Crippen LogP contribution in [0.25, 0.3) is 0 Å². The van der Waals surface area contributed by atoms with Crippen molar-refractivity contribution in [2.24, 2.45) is 0 Å². The van der Waals surface area contributed by atoms with Gasteiger partial charge in [-0.15, -0.1) is 0 Å². The molecular formula is C12H4F10O2S2. The highest BCUT2D eigenvalue weighted by Gasteiger charge is 2.64. The van der Waals surface area contributed by atoms with Gasteiger partial charge in [-0.2, -0.15) is 43.9 Å². The minimum absolute atomic E-state index is 0.705. The zero-order chi connectivity index (χ0) is 20.6. The second-order valence-electron chi connectivity index (χ2n) is 4.37. The lowest BCUT2D eigenvalue weighted by Gasteiger charge is -2.19. The zero-order valence-electron chi connectivity index (χ0n) is 11.7. The Morgan fingerprint density at radius 3 is 1.12 bits per heavy atom. The number of benzene rings is 1. The molecule has 146 valence electrons. The molecule has 26 heavy (non-hydrogen) atoms. The lowest BCUT2D eigenvalue weighted by Crippen LogP contribution is -2.42. The van der Waals surface area contributed by atoms with Gasteiger partial charge in [0, 0.05) is 9.79 Å². The van der Waals surface area contributed by atoms with Crippen LogP contribution in [0.15, 0.2) is 34.1 Å². The molecule has 0 fully saturated rings. The van der Waals surface area contributed by atoms with Gasteiger partial charge in [-0.3, -0.25) is 9.59 Å². The highest BCUT2D eigenvalue weighted by Crippen LogP contribution is 2.45. The quantitative estimate of drug-likeness (QED) is 0.475. The van der Waals surface area contributed by atoms with E-state index >= 15 is 0 Å². The fourth-order valence-corrected chi connectivity index (χ4v) is 2.95. The van der Waals surface area contributed by atoms with Crippen LogP contribution in [0, 0.1) is 0 Å². The molecule has 2 nitrogen and oxygen atoms in total. The number of thioether (sulfide) groups is 2. The Hall–Kier alpha value is -1.44. The van der Waals surface area contributed by atoms with Crippen molar-refractivity contribution in [3.8, 4) is 0 Å². The third-order valence-corrected chi connectivity index (χ3v) is 4.64. The molecule has 0 aliphatic carbocycles. The van der Waals surface area contributed by atoms with Crippen LogP contribution in [0.2, 0.25) is 0 Å². The highest BCUT2D eigenvalue weighted by atomic mass is 32.2. The largest absolute Gasteiger partial charge is 0.462 e. The van der Waals surface area contributed by atoms with Crippen LogP contribution in [0.1, 0.15) is 0 Å². The van der Waals surface area contributed by atoms with Crippen LogP contribution in [-0.4, -0.2) is 34.4 Å². The second kappa shape index (κ2) is 7.29. The van der Waals surface area contributed by atoms with Gasteiger partial charge < -0.3 is 0 Å². The summed E-state index contributed by atoms with van der Waals surface area (Å²) in [6.07, 6.45) is -12.5. The van der Waals surface area contributed by atoms with Crippen LogP contribution in [-0.2, 0) is 9.59 Å². The smallest absolute Gasteiger partial charge is 0.280 e. The average molecular weight is 434 g/mol. The summed E-state index contributed by atoms with van der Waals surface area (Å²) in [6.45, 7) is 0. The minimum Gasteiger partial charge on any atom is -0.280 e. The van der Waals surface area contributed by atoms with Crippen molar-refractivity contribution in [2.45, 2.75) is 34.0 Å². The number of rotatable bonds is 4. The van der Waals surface area contributed by atoms with Gasteiger partial charge in [0.2, 0.25) is 0 Å². The summed E-state index contributed by atoms with van der Waals surface area (Å²) >= 11 is -1.49. The van der Waals surface area contributed by atoms with Crippen molar-refractivity contribution in [2.75, 3.05) is 0 Å². The van der Waals surface area contributed by atoms with E-state index in [-0.39, 0.29) is 0 Å².